The van der Waals surface area contributed by atoms with Crippen LogP contribution in [0, 0.1) is 5.82 Å². The number of ketones is 1. The van der Waals surface area contributed by atoms with E-state index in [2.05, 4.69) is 9.71 Å². The van der Waals surface area contributed by atoms with Crippen molar-refractivity contribution in [2.24, 2.45) is 0 Å². The molecule has 1 N–H and O–H groups in total. The van der Waals surface area contributed by atoms with Crippen LogP contribution in [0.25, 0.3) is 0 Å². The summed E-state index contributed by atoms with van der Waals surface area (Å²) < 4.78 is 79.4. The topological polar surface area (TPSA) is 79.4 Å². The van der Waals surface area contributed by atoms with Crippen LogP contribution in [0.5, 0.6) is 0 Å². The number of nitrogens with one attached hydrogen (secondary N) is 1. The summed E-state index contributed by atoms with van der Waals surface area (Å²) in [7, 11) is -3.67. The van der Waals surface area contributed by atoms with Gasteiger partial charge in [0.1, 0.15) is 23.1 Å². The van der Waals surface area contributed by atoms with Crippen LogP contribution in [-0.2, 0) is 40.5 Å². The molecular formula is C26H25F4N3O3S. The van der Waals surface area contributed by atoms with Crippen molar-refractivity contribution >= 4 is 27.3 Å². The van der Waals surface area contributed by atoms with Gasteiger partial charge < -0.3 is 4.90 Å². The maximum atomic E-state index is 14.4. The van der Waals surface area contributed by atoms with E-state index in [9.17, 15) is 30.8 Å². The number of Topliss-reactive ketones (excluding diaryl/α,β-unsaturated/α-hetero) is 1. The Kier molecular flexibility index (Phi) is 7.27. The van der Waals surface area contributed by atoms with Gasteiger partial charge in [-0.05, 0) is 46.9 Å². The zero-order chi connectivity index (χ0) is 27.0. The highest BCUT2D eigenvalue weighted by Gasteiger charge is 2.34. The number of aromatic nitrogens is 1. The zero-order valence-corrected chi connectivity index (χ0v) is 21.0. The van der Waals surface area contributed by atoms with Crippen molar-refractivity contribution in [2.45, 2.75) is 44.9 Å². The standard InChI is InChI=1S/C26H25F4N3O3S/c1-16(18-7-10-22(21(27)13-18)32-37(2,35)36)23(34)11-8-17-9-12-24(26(28,29)30)31-25(17)33-14-19-5-3-4-6-20(19)15-33/h3-7,9-10,12-13,16,32H,8,11,14-15H2,1-2H3. The highest BCUT2D eigenvalue weighted by atomic mass is 32.2. The van der Waals surface area contributed by atoms with Crippen molar-refractivity contribution in [1.29, 1.82) is 0 Å². The van der Waals surface area contributed by atoms with E-state index in [0.717, 1.165) is 29.5 Å². The Bertz CT molecular complexity index is 1420. The molecular weight excluding hydrogens is 510 g/mol. The Morgan fingerprint density at radius 1 is 1.08 bits per heavy atom. The number of anilines is 2. The van der Waals surface area contributed by atoms with Crippen LogP contribution in [0.2, 0.25) is 0 Å². The van der Waals surface area contributed by atoms with E-state index in [4.69, 9.17) is 0 Å². The number of hydrogen-bond donors (Lipinski definition) is 1. The van der Waals surface area contributed by atoms with Gasteiger partial charge in [-0.25, -0.2) is 17.8 Å². The van der Waals surface area contributed by atoms with E-state index >= 15 is 0 Å². The molecule has 0 spiro atoms. The number of fused-ring (bicyclic) bond motifs is 1. The smallest absolute Gasteiger partial charge is 0.348 e. The lowest BCUT2D eigenvalue weighted by atomic mass is 9.92. The molecule has 1 aromatic heterocycles. The third-order valence-electron chi connectivity index (χ3n) is 6.30. The quantitative estimate of drug-likeness (QED) is 0.389. The summed E-state index contributed by atoms with van der Waals surface area (Å²) in [6, 6.07) is 13.7. The Morgan fingerprint density at radius 2 is 1.73 bits per heavy atom. The number of benzene rings is 2. The van der Waals surface area contributed by atoms with Gasteiger partial charge in [-0.1, -0.05) is 43.3 Å². The second-order valence-electron chi connectivity index (χ2n) is 9.10. The fourth-order valence-electron chi connectivity index (χ4n) is 4.33. The Balaban J connectivity index is 1.52. The van der Waals surface area contributed by atoms with Crippen molar-refractivity contribution in [3.05, 3.63) is 88.4 Å². The molecule has 1 atom stereocenters. The number of carbonyl (C=O) groups is 1. The minimum absolute atomic E-state index is 0.00690. The first-order valence-corrected chi connectivity index (χ1v) is 13.4. The molecule has 0 radical (unpaired) electrons. The van der Waals surface area contributed by atoms with Gasteiger partial charge in [0.25, 0.3) is 0 Å². The largest absolute Gasteiger partial charge is 0.433 e. The summed E-state index contributed by atoms with van der Waals surface area (Å²) in [4.78, 5) is 18.6. The normalized spacial score (nSPS) is 14.4. The monoisotopic (exact) mass is 535 g/mol. The molecule has 4 rings (SSSR count). The molecule has 0 aliphatic carbocycles. The first-order valence-electron chi connectivity index (χ1n) is 11.5. The summed E-state index contributed by atoms with van der Waals surface area (Å²) in [5, 5.41) is 0. The number of nitrogens with zero attached hydrogens (tertiary/aromatic N) is 2. The molecule has 1 aliphatic rings. The van der Waals surface area contributed by atoms with Gasteiger partial charge in [-0.3, -0.25) is 9.52 Å². The lowest BCUT2D eigenvalue weighted by Crippen LogP contribution is -2.21. The Morgan fingerprint density at radius 3 is 2.30 bits per heavy atom. The molecule has 1 aliphatic heterocycles. The average Bonchev–Trinajstić information content (AvgIpc) is 3.26. The fraction of sp³-hybridized carbons (Fsp3) is 0.308. The van der Waals surface area contributed by atoms with Crippen LogP contribution < -0.4 is 9.62 Å². The summed E-state index contributed by atoms with van der Waals surface area (Å²) >= 11 is 0. The highest BCUT2D eigenvalue weighted by Crippen LogP contribution is 2.35. The van der Waals surface area contributed by atoms with E-state index in [0.29, 0.717) is 24.2 Å². The van der Waals surface area contributed by atoms with E-state index in [-0.39, 0.29) is 30.1 Å². The predicted molar refractivity (Wildman–Crippen MR) is 132 cm³/mol. The Labute approximate surface area is 212 Å². The SMILES string of the molecule is CC(C(=O)CCc1ccc(C(F)(F)F)nc1N1Cc2ccccc2C1)c1ccc(NS(C)(=O)=O)c(F)c1. The number of hydrogen-bond acceptors (Lipinski definition) is 5. The lowest BCUT2D eigenvalue weighted by Gasteiger charge is -2.22. The first-order chi connectivity index (χ1) is 17.3. The van der Waals surface area contributed by atoms with Gasteiger partial charge in [-0.15, -0.1) is 0 Å². The van der Waals surface area contributed by atoms with Gasteiger partial charge >= 0.3 is 6.18 Å². The van der Waals surface area contributed by atoms with E-state index in [1.807, 2.05) is 24.3 Å². The predicted octanol–water partition coefficient (Wildman–Crippen LogP) is 5.44. The minimum Gasteiger partial charge on any atom is -0.348 e. The summed E-state index contributed by atoms with van der Waals surface area (Å²) in [6.07, 6.45) is -3.54. The molecule has 0 fully saturated rings. The summed E-state index contributed by atoms with van der Waals surface area (Å²) in [5.74, 6) is -1.57. The third-order valence-corrected chi connectivity index (χ3v) is 6.89. The number of alkyl halides is 3. The van der Waals surface area contributed by atoms with Crippen LogP contribution in [0.1, 0.15) is 47.2 Å². The fourth-order valence-corrected chi connectivity index (χ4v) is 4.90. The molecule has 0 saturated carbocycles. The molecule has 6 nitrogen and oxygen atoms in total. The van der Waals surface area contributed by atoms with Crippen molar-refractivity contribution in [2.75, 3.05) is 15.9 Å². The number of carbonyl (C=O) groups excluding carboxylic acids is 1. The van der Waals surface area contributed by atoms with Crippen LogP contribution in [-0.4, -0.2) is 25.4 Å². The maximum absolute atomic E-state index is 14.4. The highest BCUT2D eigenvalue weighted by molar-refractivity contribution is 7.92. The number of aryl methyl sites for hydroxylation is 1. The molecule has 11 heteroatoms. The van der Waals surface area contributed by atoms with E-state index in [1.165, 1.54) is 18.2 Å². The lowest BCUT2D eigenvalue weighted by molar-refractivity contribution is -0.141. The van der Waals surface area contributed by atoms with Crippen LogP contribution >= 0.6 is 0 Å². The van der Waals surface area contributed by atoms with Gasteiger partial charge in [0.15, 0.2) is 0 Å². The summed E-state index contributed by atoms with van der Waals surface area (Å²) in [5.41, 5.74) is 1.67. The average molecular weight is 536 g/mol. The zero-order valence-electron chi connectivity index (χ0n) is 20.1. The number of sulfonamides is 1. The number of pyridine rings is 1. The van der Waals surface area contributed by atoms with Crippen molar-refractivity contribution in [3.63, 3.8) is 0 Å². The minimum atomic E-state index is -4.60. The van der Waals surface area contributed by atoms with Crippen LogP contribution in [0.4, 0.5) is 29.1 Å². The molecule has 1 unspecified atom stereocenters. The summed E-state index contributed by atoms with van der Waals surface area (Å²) in [6.45, 7) is 2.42. The number of halogens is 4. The molecule has 196 valence electrons. The van der Waals surface area contributed by atoms with Crippen molar-refractivity contribution in [1.82, 2.24) is 4.98 Å². The van der Waals surface area contributed by atoms with Gasteiger partial charge in [-0.2, -0.15) is 13.2 Å². The molecule has 0 amide bonds. The second kappa shape index (κ2) is 10.1. The van der Waals surface area contributed by atoms with Crippen LogP contribution in [0.15, 0.2) is 54.6 Å². The van der Waals surface area contributed by atoms with Crippen molar-refractivity contribution in [3.8, 4) is 0 Å². The van der Waals surface area contributed by atoms with Crippen LogP contribution in [0.3, 0.4) is 0 Å². The van der Waals surface area contributed by atoms with Crippen molar-refractivity contribution < 1.29 is 30.8 Å². The molecule has 2 heterocycles. The van der Waals surface area contributed by atoms with E-state index in [1.54, 1.807) is 11.8 Å². The molecule has 0 saturated heterocycles. The Hall–Kier alpha value is -3.47. The first kappa shape index (κ1) is 26.6. The van der Waals surface area contributed by atoms with Gasteiger partial charge in [0, 0.05) is 25.4 Å². The molecule has 37 heavy (non-hydrogen) atoms. The maximum Gasteiger partial charge on any atom is 0.433 e. The van der Waals surface area contributed by atoms with Gasteiger partial charge in [0.05, 0.1) is 11.9 Å². The second-order valence-corrected chi connectivity index (χ2v) is 10.9. The number of rotatable bonds is 8. The van der Waals surface area contributed by atoms with E-state index < -0.39 is 33.6 Å². The molecule has 3 aromatic rings. The molecule has 0 bridgehead atoms. The van der Waals surface area contributed by atoms with Gasteiger partial charge in [0.2, 0.25) is 10.0 Å². The molecule has 2 aromatic carbocycles. The third kappa shape index (κ3) is 6.27.